The Kier molecular flexibility index (Phi) is 15.4. The first-order chi connectivity index (χ1) is 26.0. The summed E-state index contributed by atoms with van der Waals surface area (Å²) >= 11 is 0. The Hall–Kier alpha value is -1.99. The van der Waals surface area contributed by atoms with Gasteiger partial charge in [-0.3, -0.25) is 9.59 Å². The lowest BCUT2D eigenvalue weighted by Crippen LogP contribution is -2.61. The fourth-order valence-corrected chi connectivity index (χ4v) is 9.55. The number of fused-ring (bicyclic) bond motifs is 2. The minimum atomic E-state index is -1.64. The molecule has 4 fully saturated rings. The highest BCUT2D eigenvalue weighted by molar-refractivity contribution is 5.92. The summed E-state index contributed by atoms with van der Waals surface area (Å²) in [6.45, 7) is 18.3. The molecule has 18 atom stereocenters. The predicted octanol–water partition coefficient (Wildman–Crippen LogP) is 2.52. The van der Waals surface area contributed by atoms with Crippen LogP contribution < -0.4 is 11.1 Å². The van der Waals surface area contributed by atoms with Crippen LogP contribution in [-0.2, 0) is 47.5 Å². The van der Waals surface area contributed by atoms with E-state index in [4.69, 9.17) is 43.6 Å². The van der Waals surface area contributed by atoms with Crippen LogP contribution in [0.5, 0.6) is 0 Å². The normalized spacial score (nSPS) is 46.7. The molecule has 0 spiro atoms. The van der Waals surface area contributed by atoms with Gasteiger partial charge in [-0.05, 0) is 80.8 Å². The van der Waals surface area contributed by atoms with E-state index >= 15 is 0 Å². The molecule has 2 bridgehead atoms. The van der Waals surface area contributed by atoms with Crippen LogP contribution in [0.3, 0.4) is 0 Å². The van der Waals surface area contributed by atoms with E-state index in [1.54, 1.807) is 34.6 Å². The highest BCUT2D eigenvalue weighted by Crippen LogP contribution is 2.45. The van der Waals surface area contributed by atoms with Crippen LogP contribution >= 0.6 is 0 Å². The third-order valence-corrected chi connectivity index (χ3v) is 12.7. The average Bonchev–Trinajstić information content (AvgIpc) is 3.36. The first-order valence-corrected chi connectivity index (χ1v) is 20.4. The van der Waals surface area contributed by atoms with Gasteiger partial charge in [0, 0.05) is 44.5 Å². The molecule has 4 saturated heterocycles. The number of likely N-dealkylation sites (N-methyl/N-ethyl adjacent to an activating group) is 1. The Balaban J connectivity index is 1.78. The van der Waals surface area contributed by atoms with E-state index in [0.717, 1.165) is 0 Å². The van der Waals surface area contributed by atoms with Crippen molar-refractivity contribution in [2.24, 2.45) is 29.4 Å². The molecular formula is C40H71N3O13. The van der Waals surface area contributed by atoms with Gasteiger partial charge in [0.2, 0.25) is 0 Å². The number of nitrogens with two attached hydrogens (primary N) is 1. The highest BCUT2D eigenvalue weighted by atomic mass is 16.7. The molecule has 0 radical (unpaired) electrons. The molecule has 1 unspecified atom stereocenters. The van der Waals surface area contributed by atoms with Crippen molar-refractivity contribution < 1.29 is 62.5 Å². The first kappa shape index (κ1) is 46.7. The number of alkyl carbamates (subject to hydrolysis) is 1. The maximum Gasteiger partial charge on any atom is 0.407 e. The van der Waals surface area contributed by atoms with Gasteiger partial charge in [-0.15, -0.1) is 0 Å². The van der Waals surface area contributed by atoms with Crippen molar-refractivity contribution in [1.82, 2.24) is 10.2 Å². The molecule has 0 aromatic rings. The number of amides is 1. The smallest absolute Gasteiger partial charge is 0.407 e. The molecule has 1 amide bonds. The molecule has 4 heterocycles. The summed E-state index contributed by atoms with van der Waals surface area (Å²) in [4.78, 5) is 42.8. The third kappa shape index (κ3) is 9.72. The second kappa shape index (κ2) is 18.5. The zero-order valence-corrected chi connectivity index (χ0v) is 35.8. The Morgan fingerprint density at radius 2 is 1.66 bits per heavy atom. The van der Waals surface area contributed by atoms with Gasteiger partial charge in [-0.1, -0.05) is 27.7 Å². The summed E-state index contributed by atoms with van der Waals surface area (Å²) < 4.78 is 50.6. The van der Waals surface area contributed by atoms with E-state index in [9.17, 15) is 24.6 Å². The first-order valence-electron chi connectivity index (χ1n) is 20.4. The van der Waals surface area contributed by atoms with Crippen LogP contribution in [0.2, 0.25) is 0 Å². The summed E-state index contributed by atoms with van der Waals surface area (Å²) in [5.74, 6) is -3.46. The van der Waals surface area contributed by atoms with Crippen LogP contribution in [-0.4, -0.2) is 152 Å². The number of methoxy groups -OCH3 is 1. The second-order valence-electron chi connectivity index (χ2n) is 17.6. The number of nitrogens with one attached hydrogen (secondary N) is 1. The zero-order chi connectivity index (χ0) is 42.1. The number of carbonyl (C=O) groups excluding carboxylic acids is 3. The summed E-state index contributed by atoms with van der Waals surface area (Å²) in [5.41, 5.74) is 1.42. The lowest BCUT2D eigenvalue weighted by atomic mass is 9.75. The molecule has 5 N–H and O–H groups in total. The van der Waals surface area contributed by atoms with E-state index < -0.39 is 102 Å². The number of esters is 1. The van der Waals surface area contributed by atoms with Gasteiger partial charge in [-0.25, -0.2) is 4.79 Å². The monoisotopic (exact) mass is 801 g/mol. The molecule has 324 valence electrons. The van der Waals surface area contributed by atoms with E-state index in [1.807, 2.05) is 53.6 Å². The number of ether oxygens (including phenoxy) is 8. The molecule has 16 nitrogen and oxygen atoms in total. The molecule has 0 saturated carbocycles. The van der Waals surface area contributed by atoms with E-state index in [1.165, 1.54) is 7.11 Å². The molecule has 0 aliphatic carbocycles. The van der Waals surface area contributed by atoms with Crippen LogP contribution in [0.25, 0.3) is 0 Å². The van der Waals surface area contributed by atoms with Gasteiger partial charge in [0.15, 0.2) is 30.1 Å². The average molecular weight is 802 g/mol. The molecular weight excluding hydrogens is 730 g/mol. The number of aliphatic hydroxyl groups excluding tert-OH is 1. The molecule has 0 aromatic heterocycles. The predicted molar refractivity (Wildman–Crippen MR) is 204 cm³/mol. The van der Waals surface area contributed by atoms with Crippen molar-refractivity contribution in [2.75, 3.05) is 34.3 Å². The summed E-state index contributed by atoms with van der Waals surface area (Å²) in [6.07, 6.45) is -8.19. The molecule has 0 aromatic carbocycles. The summed E-state index contributed by atoms with van der Waals surface area (Å²) in [6, 6.07) is -0.294. The number of hydrogen-bond donors (Lipinski definition) is 4. The van der Waals surface area contributed by atoms with Gasteiger partial charge < -0.3 is 64.1 Å². The number of Topliss-reactive ketones (excluding diaryl/α,β-unsaturated/α-hetero) is 1. The molecule has 4 rings (SSSR count). The van der Waals surface area contributed by atoms with Crippen molar-refractivity contribution >= 4 is 17.8 Å². The minimum Gasteiger partial charge on any atom is -0.459 e. The van der Waals surface area contributed by atoms with Gasteiger partial charge in [0.05, 0.1) is 42.0 Å². The summed E-state index contributed by atoms with van der Waals surface area (Å²) in [7, 11) is 5.26. The van der Waals surface area contributed by atoms with Crippen LogP contribution in [0.15, 0.2) is 0 Å². The van der Waals surface area contributed by atoms with Crippen molar-refractivity contribution in [1.29, 1.82) is 0 Å². The van der Waals surface area contributed by atoms with Gasteiger partial charge in [-0.2, -0.15) is 0 Å². The standard InChI is InChI=1S/C40H71N3O13/c1-14-27-40(10)32(45)22(4)30(56-40)20(2)18-38(8,48)33(54-36-29(44)26(43(11)12)17-21(3)50-36)23(5)31(24(6)35(46)52-27)53-28-19-39(9,49-13)34(25(7)51-28)55-37(47)42-16-15-41/h20-31,33-34,36,44,48H,14-19,41H2,1-13H3,(H,42,47)/t20-,21-,22+,23+,24-,25+,26+,27-,28+,29-,30-,31+,33-,34?,36+,38+,39-,40+/m1/s1. The Morgan fingerprint density at radius 1 is 1.00 bits per heavy atom. The summed E-state index contributed by atoms with van der Waals surface area (Å²) in [5, 5.41) is 26.8. The molecule has 16 heteroatoms. The quantitative estimate of drug-likeness (QED) is 0.234. The van der Waals surface area contributed by atoms with Crippen molar-refractivity contribution in [3.05, 3.63) is 0 Å². The Labute approximate surface area is 333 Å². The fraction of sp³-hybridized carbons (Fsp3) is 0.925. The van der Waals surface area contributed by atoms with Crippen molar-refractivity contribution in [3.8, 4) is 0 Å². The maximum atomic E-state index is 14.3. The topological polar surface area (TPSA) is 207 Å². The number of cyclic esters (lactones) is 1. The zero-order valence-electron chi connectivity index (χ0n) is 35.8. The van der Waals surface area contributed by atoms with Crippen molar-refractivity contribution in [3.63, 3.8) is 0 Å². The van der Waals surface area contributed by atoms with Gasteiger partial charge >= 0.3 is 12.1 Å². The van der Waals surface area contributed by atoms with Gasteiger partial charge in [0.1, 0.15) is 17.8 Å². The third-order valence-electron chi connectivity index (χ3n) is 12.7. The van der Waals surface area contributed by atoms with Crippen LogP contribution in [0, 0.1) is 23.7 Å². The van der Waals surface area contributed by atoms with Crippen LogP contribution in [0.4, 0.5) is 4.79 Å². The number of ketones is 1. The second-order valence-corrected chi connectivity index (χ2v) is 17.6. The number of rotatable bonds is 10. The highest BCUT2D eigenvalue weighted by Gasteiger charge is 2.59. The molecule has 56 heavy (non-hydrogen) atoms. The largest absolute Gasteiger partial charge is 0.459 e. The Bertz CT molecular complexity index is 1350. The fourth-order valence-electron chi connectivity index (χ4n) is 9.55. The van der Waals surface area contributed by atoms with Gasteiger partial charge in [0.25, 0.3) is 0 Å². The Morgan fingerprint density at radius 3 is 2.25 bits per heavy atom. The number of carbonyl (C=O) groups is 3. The van der Waals surface area contributed by atoms with Crippen molar-refractivity contribution in [2.45, 2.75) is 179 Å². The van der Waals surface area contributed by atoms with Crippen LogP contribution in [0.1, 0.15) is 94.9 Å². The number of hydrogen-bond acceptors (Lipinski definition) is 15. The lowest BCUT2D eigenvalue weighted by molar-refractivity contribution is -0.317. The maximum absolute atomic E-state index is 14.3. The minimum absolute atomic E-state index is 0.0939. The lowest BCUT2D eigenvalue weighted by Gasteiger charge is -2.49. The SMILES string of the molecule is CC[C@H]1OC(=O)[C@H](C)[C@@H](O[C@H]2C[C@@](C)(OC)C(OC(=O)NCCN)[C@H](C)O2)[C@H](C)[C@@H](O[C@@H]2O[C@H](C)C[C@H](N(C)C)[C@H]2O)[C@@](C)(O)C[C@@H](C)[C@H]2O[C@]1(C)C(=O)[C@H]2C. The van der Waals surface area contributed by atoms with E-state index in [-0.39, 0.29) is 49.8 Å². The molecule has 4 aliphatic rings. The number of nitrogens with zero attached hydrogens (tertiary/aromatic N) is 1. The van der Waals surface area contributed by atoms with E-state index in [2.05, 4.69) is 5.32 Å². The molecule has 4 aliphatic heterocycles. The number of aliphatic hydroxyl groups is 2. The van der Waals surface area contributed by atoms with E-state index in [0.29, 0.717) is 12.8 Å².